The second kappa shape index (κ2) is 4.39. The number of carbonyl (C=O) groups is 1. The molecule has 0 atom stereocenters. The van der Waals surface area contributed by atoms with Gasteiger partial charge in [-0.3, -0.25) is 0 Å². The summed E-state index contributed by atoms with van der Waals surface area (Å²) < 4.78 is 39.5. The summed E-state index contributed by atoms with van der Waals surface area (Å²) in [5.41, 5.74) is 0.956. The smallest absolute Gasteiger partial charge is 0.406 e. The maximum atomic E-state index is 11.9. The standard InChI is InChI=1S/C12H11F3O2/c13-12(14,15)17-11-3-1-9(2-4-11)10-5-8(6-10)7-16/h1-4,7-8,10H,5-6H2. The molecule has 5 heteroatoms. The summed E-state index contributed by atoms with van der Waals surface area (Å²) in [6, 6.07) is 5.84. The molecule has 1 aliphatic carbocycles. The molecule has 0 aromatic heterocycles. The summed E-state index contributed by atoms with van der Waals surface area (Å²) >= 11 is 0. The number of hydrogen-bond acceptors (Lipinski definition) is 2. The molecule has 0 saturated heterocycles. The molecule has 0 aliphatic heterocycles. The van der Waals surface area contributed by atoms with Gasteiger partial charge in [0.25, 0.3) is 0 Å². The normalized spacial score (nSPS) is 23.9. The molecular weight excluding hydrogens is 233 g/mol. The van der Waals surface area contributed by atoms with Crippen molar-refractivity contribution in [3.63, 3.8) is 0 Å². The van der Waals surface area contributed by atoms with Gasteiger partial charge in [0, 0.05) is 5.92 Å². The number of ether oxygens (including phenoxy) is 1. The summed E-state index contributed by atoms with van der Waals surface area (Å²) in [7, 11) is 0. The molecule has 0 amide bonds. The lowest BCUT2D eigenvalue weighted by molar-refractivity contribution is -0.274. The van der Waals surface area contributed by atoms with Crippen LogP contribution in [0.3, 0.4) is 0 Å². The van der Waals surface area contributed by atoms with Gasteiger partial charge in [-0.05, 0) is 36.5 Å². The average Bonchev–Trinajstić information content (AvgIpc) is 2.16. The fraction of sp³-hybridized carbons (Fsp3) is 0.417. The molecule has 0 bridgehead atoms. The second-order valence-electron chi connectivity index (χ2n) is 4.18. The minimum Gasteiger partial charge on any atom is -0.406 e. The average molecular weight is 244 g/mol. The highest BCUT2D eigenvalue weighted by Crippen LogP contribution is 2.40. The Hall–Kier alpha value is -1.52. The van der Waals surface area contributed by atoms with Crippen molar-refractivity contribution in [1.82, 2.24) is 0 Å². The number of carbonyl (C=O) groups excluding carboxylic acids is 1. The first-order valence-electron chi connectivity index (χ1n) is 5.29. The lowest BCUT2D eigenvalue weighted by atomic mass is 9.72. The van der Waals surface area contributed by atoms with Crippen molar-refractivity contribution in [2.75, 3.05) is 0 Å². The van der Waals surface area contributed by atoms with E-state index in [1.165, 1.54) is 12.1 Å². The second-order valence-corrected chi connectivity index (χ2v) is 4.18. The Kier molecular flexibility index (Phi) is 3.09. The van der Waals surface area contributed by atoms with E-state index in [9.17, 15) is 18.0 Å². The summed E-state index contributed by atoms with van der Waals surface area (Å²) in [5, 5.41) is 0. The number of aldehydes is 1. The van der Waals surface area contributed by atoms with E-state index in [0.29, 0.717) is 0 Å². The SMILES string of the molecule is O=CC1CC(c2ccc(OC(F)(F)F)cc2)C1. The minimum atomic E-state index is -4.65. The first kappa shape index (κ1) is 12.0. The molecule has 92 valence electrons. The van der Waals surface area contributed by atoms with Crippen LogP contribution in [0.15, 0.2) is 24.3 Å². The summed E-state index contributed by atoms with van der Waals surface area (Å²) in [6.45, 7) is 0. The lowest BCUT2D eigenvalue weighted by Gasteiger charge is -2.31. The molecule has 1 aromatic rings. The molecule has 1 aliphatic rings. The third-order valence-corrected chi connectivity index (χ3v) is 2.95. The summed E-state index contributed by atoms with van der Waals surface area (Å²) in [6.07, 6.45) is -2.16. The van der Waals surface area contributed by atoms with Crippen LogP contribution in [0.1, 0.15) is 24.3 Å². The van der Waals surface area contributed by atoms with E-state index in [1.54, 1.807) is 12.1 Å². The zero-order chi connectivity index (χ0) is 12.5. The van der Waals surface area contributed by atoms with Gasteiger partial charge in [-0.2, -0.15) is 0 Å². The molecule has 0 unspecified atom stereocenters. The Balaban J connectivity index is 1.97. The van der Waals surface area contributed by atoms with Crippen LogP contribution in [0.2, 0.25) is 0 Å². The third-order valence-electron chi connectivity index (χ3n) is 2.95. The van der Waals surface area contributed by atoms with E-state index in [1.807, 2.05) is 0 Å². The maximum absolute atomic E-state index is 11.9. The number of hydrogen-bond donors (Lipinski definition) is 0. The highest BCUT2D eigenvalue weighted by Gasteiger charge is 2.32. The van der Waals surface area contributed by atoms with Crippen LogP contribution in [0.25, 0.3) is 0 Å². The molecular formula is C12H11F3O2. The summed E-state index contributed by atoms with van der Waals surface area (Å²) in [4.78, 5) is 10.4. The number of rotatable bonds is 3. The van der Waals surface area contributed by atoms with Crippen molar-refractivity contribution in [1.29, 1.82) is 0 Å². The fourth-order valence-corrected chi connectivity index (χ4v) is 1.99. The van der Waals surface area contributed by atoms with Crippen LogP contribution < -0.4 is 4.74 Å². The van der Waals surface area contributed by atoms with Crippen molar-refractivity contribution in [3.8, 4) is 5.75 Å². The molecule has 17 heavy (non-hydrogen) atoms. The van der Waals surface area contributed by atoms with E-state index in [-0.39, 0.29) is 17.6 Å². The van der Waals surface area contributed by atoms with E-state index in [2.05, 4.69) is 4.74 Å². The molecule has 2 nitrogen and oxygen atoms in total. The zero-order valence-electron chi connectivity index (χ0n) is 8.91. The number of alkyl halides is 3. The quantitative estimate of drug-likeness (QED) is 0.763. The molecule has 0 radical (unpaired) electrons. The van der Waals surface area contributed by atoms with Gasteiger partial charge < -0.3 is 9.53 Å². The molecule has 0 N–H and O–H groups in total. The third kappa shape index (κ3) is 2.99. The molecule has 2 rings (SSSR count). The van der Waals surface area contributed by atoms with E-state index >= 15 is 0 Å². The van der Waals surface area contributed by atoms with E-state index in [0.717, 1.165) is 24.7 Å². The monoisotopic (exact) mass is 244 g/mol. The van der Waals surface area contributed by atoms with Crippen molar-refractivity contribution >= 4 is 6.29 Å². The Morgan fingerprint density at radius 3 is 2.24 bits per heavy atom. The molecule has 0 spiro atoms. The van der Waals surface area contributed by atoms with Crippen molar-refractivity contribution in [2.45, 2.75) is 25.1 Å². The largest absolute Gasteiger partial charge is 0.573 e. The molecule has 1 saturated carbocycles. The Labute approximate surface area is 96.4 Å². The van der Waals surface area contributed by atoms with Gasteiger partial charge in [0.05, 0.1) is 0 Å². The predicted octanol–water partition coefficient (Wildman–Crippen LogP) is 3.28. The first-order chi connectivity index (χ1) is 7.98. The lowest BCUT2D eigenvalue weighted by Crippen LogP contribution is -2.22. The van der Waals surface area contributed by atoms with Crippen LogP contribution >= 0.6 is 0 Å². The highest BCUT2D eigenvalue weighted by atomic mass is 19.4. The van der Waals surface area contributed by atoms with Crippen molar-refractivity contribution in [2.24, 2.45) is 5.92 Å². The van der Waals surface area contributed by atoms with Crippen molar-refractivity contribution < 1.29 is 22.7 Å². The predicted molar refractivity (Wildman–Crippen MR) is 54.7 cm³/mol. The highest BCUT2D eigenvalue weighted by molar-refractivity contribution is 5.56. The van der Waals surface area contributed by atoms with E-state index < -0.39 is 6.36 Å². The van der Waals surface area contributed by atoms with Crippen LogP contribution in [0, 0.1) is 5.92 Å². The Bertz CT molecular complexity index is 391. The van der Waals surface area contributed by atoms with Gasteiger partial charge in [0.2, 0.25) is 0 Å². The van der Waals surface area contributed by atoms with Crippen LogP contribution in [0.4, 0.5) is 13.2 Å². The number of benzene rings is 1. The van der Waals surface area contributed by atoms with Gasteiger partial charge in [-0.25, -0.2) is 0 Å². The van der Waals surface area contributed by atoms with Crippen molar-refractivity contribution in [3.05, 3.63) is 29.8 Å². The van der Waals surface area contributed by atoms with Gasteiger partial charge in [0.1, 0.15) is 12.0 Å². The van der Waals surface area contributed by atoms with E-state index in [4.69, 9.17) is 0 Å². The Morgan fingerprint density at radius 1 is 1.18 bits per heavy atom. The molecule has 0 heterocycles. The topological polar surface area (TPSA) is 26.3 Å². The maximum Gasteiger partial charge on any atom is 0.573 e. The Morgan fingerprint density at radius 2 is 1.76 bits per heavy atom. The minimum absolute atomic E-state index is 0.103. The van der Waals surface area contributed by atoms with Gasteiger partial charge in [-0.1, -0.05) is 12.1 Å². The van der Waals surface area contributed by atoms with Crippen LogP contribution in [-0.2, 0) is 4.79 Å². The van der Waals surface area contributed by atoms with Crippen LogP contribution in [-0.4, -0.2) is 12.6 Å². The van der Waals surface area contributed by atoms with Gasteiger partial charge in [-0.15, -0.1) is 13.2 Å². The molecule has 1 aromatic carbocycles. The van der Waals surface area contributed by atoms with Gasteiger partial charge >= 0.3 is 6.36 Å². The fourth-order valence-electron chi connectivity index (χ4n) is 1.99. The molecule has 1 fully saturated rings. The zero-order valence-corrected chi connectivity index (χ0v) is 8.91. The van der Waals surface area contributed by atoms with Crippen LogP contribution in [0.5, 0.6) is 5.75 Å². The number of halogens is 3. The van der Waals surface area contributed by atoms with Gasteiger partial charge in [0.15, 0.2) is 0 Å². The summed E-state index contributed by atoms with van der Waals surface area (Å²) in [5.74, 6) is 0.170. The first-order valence-corrected chi connectivity index (χ1v) is 5.29.